The van der Waals surface area contributed by atoms with Crippen molar-refractivity contribution in [3.63, 3.8) is 0 Å². The van der Waals surface area contributed by atoms with Crippen LogP contribution in [-0.2, 0) is 11.2 Å². The van der Waals surface area contributed by atoms with E-state index < -0.39 is 5.97 Å². The van der Waals surface area contributed by atoms with Gasteiger partial charge in [0.05, 0.1) is 6.42 Å². The van der Waals surface area contributed by atoms with E-state index in [2.05, 4.69) is 0 Å². The molecule has 0 aliphatic carbocycles. The molecule has 1 N–H and O–H groups in total. The van der Waals surface area contributed by atoms with Gasteiger partial charge in [0.1, 0.15) is 5.82 Å². The van der Waals surface area contributed by atoms with Gasteiger partial charge in [-0.15, -0.1) is 0 Å². The zero-order chi connectivity index (χ0) is 11.7. The number of aliphatic carboxylic acids is 1. The van der Waals surface area contributed by atoms with Crippen LogP contribution in [-0.4, -0.2) is 23.7 Å². The molecule has 1 aromatic rings. The van der Waals surface area contributed by atoms with Crippen molar-refractivity contribution in [1.29, 1.82) is 0 Å². The highest BCUT2D eigenvalue weighted by Crippen LogP contribution is 2.33. The zero-order valence-corrected chi connectivity index (χ0v) is 9.11. The number of fused-ring (bicyclic) bond motifs is 1. The smallest absolute Gasteiger partial charge is 0.305 e. The second kappa shape index (κ2) is 4.12. The lowest BCUT2D eigenvalue weighted by atomic mass is 10.1. The average Bonchev–Trinajstić information content (AvgIpc) is 2.52. The largest absolute Gasteiger partial charge is 0.481 e. The van der Waals surface area contributed by atoms with Gasteiger partial charge in [-0.2, -0.15) is 0 Å². The Kier molecular flexibility index (Phi) is 2.81. The molecule has 1 aromatic carbocycles. The highest BCUT2D eigenvalue weighted by molar-refractivity contribution is 5.70. The quantitative estimate of drug-likeness (QED) is 0.852. The van der Waals surface area contributed by atoms with E-state index in [0.29, 0.717) is 6.42 Å². The molecule has 0 saturated heterocycles. The molecule has 1 atom stereocenters. The predicted octanol–water partition coefficient (Wildman–Crippen LogP) is 2.05. The topological polar surface area (TPSA) is 40.5 Å². The lowest BCUT2D eigenvalue weighted by molar-refractivity contribution is -0.137. The van der Waals surface area contributed by atoms with E-state index >= 15 is 0 Å². The summed E-state index contributed by atoms with van der Waals surface area (Å²) in [6, 6.07) is 4.61. The molecule has 0 bridgehead atoms. The van der Waals surface area contributed by atoms with Crippen LogP contribution in [0.5, 0.6) is 0 Å². The van der Waals surface area contributed by atoms with E-state index in [0.717, 1.165) is 17.8 Å². The van der Waals surface area contributed by atoms with Crippen molar-refractivity contribution < 1.29 is 14.3 Å². The molecule has 1 unspecified atom stereocenters. The number of halogens is 1. The van der Waals surface area contributed by atoms with Crippen LogP contribution in [0.2, 0.25) is 0 Å². The van der Waals surface area contributed by atoms with Crippen molar-refractivity contribution in [2.45, 2.75) is 25.8 Å². The van der Waals surface area contributed by atoms with E-state index in [1.165, 1.54) is 12.1 Å². The van der Waals surface area contributed by atoms with E-state index in [4.69, 9.17) is 5.11 Å². The summed E-state index contributed by atoms with van der Waals surface area (Å²) in [6.45, 7) is 2.73. The molecule has 0 spiro atoms. The molecule has 1 heterocycles. The van der Waals surface area contributed by atoms with Crippen LogP contribution < -0.4 is 4.90 Å². The standard InChI is InChI=1S/C12H14FNO2/c1-2-14-10(7-12(15)16)6-8-5-9(13)3-4-11(8)14/h3-5,10H,2,6-7H2,1H3,(H,15,16). The molecule has 3 nitrogen and oxygen atoms in total. The number of hydrogen-bond acceptors (Lipinski definition) is 2. The fourth-order valence-electron chi connectivity index (χ4n) is 2.37. The van der Waals surface area contributed by atoms with Gasteiger partial charge in [0.25, 0.3) is 0 Å². The number of carboxylic acids is 1. The highest BCUT2D eigenvalue weighted by atomic mass is 19.1. The summed E-state index contributed by atoms with van der Waals surface area (Å²) in [5, 5.41) is 8.82. The van der Waals surface area contributed by atoms with Gasteiger partial charge in [0.15, 0.2) is 0 Å². The minimum atomic E-state index is -0.809. The molecule has 0 aromatic heterocycles. The number of carbonyl (C=O) groups is 1. The molecule has 1 aliphatic heterocycles. The first-order valence-corrected chi connectivity index (χ1v) is 5.38. The van der Waals surface area contributed by atoms with Crippen LogP contribution in [0, 0.1) is 5.82 Å². The third-order valence-electron chi connectivity index (χ3n) is 3.00. The molecular weight excluding hydrogens is 209 g/mol. The van der Waals surface area contributed by atoms with Crippen LogP contribution in [0.3, 0.4) is 0 Å². The lowest BCUT2D eigenvalue weighted by Crippen LogP contribution is -2.33. The maximum Gasteiger partial charge on any atom is 0.305 e. The van der Waals surface area contributed by atoms with Crippen molar-refractivity contribution in [3.05, 3.63) is 29.6 Å². The first-order chi connectivity index (χ1) is 7.61. The average molecular weight is 223 g/mol. The third kappa shape index (κ3) is 1.87. The van der Waals surface area contributed by atoms with E-state index in [1.54, 1.807) is 6.07 Å². The number of hydrogen-bond donors (Lipinski definition) is 1. The molecule has 0 amide bonds. The summed E-state index contributed by atoms with van der Waals surface area (Å²) in [6.07, 6.45) is 0.720. The van der Waals surface area contributed by atoms with Gasteiger partial charge in [0, 0.05) is 18.3 Å². The number of anilines is 1. The van der Waals surface area contributed by atoms with Crippen molar-refractivity contribution in [1.82, 2.24) is 0 Å². The Hall–Kier alpha value is -1.58. The van der Waals surface area contributed by atoms with E-state index in [-0.39, 0.29) is 18.3 Å². The summed E-state index contributed by atoms with van der Waals surface area (Å²) in [4.78, 5) is 12.8. The third-order valence-corrected chi connectivity index (χ3v) is 3.00. The van der Waals surface area contributed by atoms with Crippen LogP contribution >= 0.6 is 0 Å². The van der Waals surface area contributed by atoms with Gasteiger partial charge in [-0.25, -0.2) is 4.39 Å². The molecule has 0 fully saturated rings. The SMILES string of the molecule is CCN1c2ccc(F)cc2CC1CC(=O)O. The number of nitrogens with zero attached hydrogens (tertiary/aromatic N) is 1. The minimum Gasteiger partial charge on any atom is -0.481 e. The molecule has 4 heteroatoms. The van der Waals surface area contributed by atoms with Crippen molar-refractivity contribution >= 4 is 11.7 Å². The molecule has 0 saturated carbocycles. The lowest BCUT2D eigenvalue weighted by Gasteiger charge is -2.24. The fourth-order valence-corrected chi connectivity index (χ4v) is 2.37. The van der Waals surface area contributed by atoms with Gasteiger partial charge < -0.3 is 10.0 Å². The maximum absolute atomic E-state index is 13.0. The zero-order valence-electron chi connectivity index (χ0n) is 9.11. The number of benzene rings is 1. The van der Waals surface area contributed by atoms with Gasteiger partial charge in [-0.1, -0.05) is 0 Å². The Morgan fingerprint density at radius 2 is 2.38 bits per heavy atom. The van der Waals surface area contributed by atoms with Crippen LogP contribution in [0.25, 0.3) is 0 Å². The summed E-state index contributed by atoms with van der Waals surface area (Å²) < 4.78 is 13.0. The van der Waals surface area contributed by atoms with Gasteiger partial charge in [-0.05, 0) is 37.1 Å². The van der Waals surface area contributed by atoms with E-state index in [9.17, 15) is 9.18 Å². The number of rotatable bonds is 3. The van der Waals surface area contributed by atoms with Gasteiger partial charge >= 0.3 is 5.97 Å². The van der Waals surface area contributed by atoms with Crippen molar-refractivity contribution in [2.75, 3.05) is 11.4 Å². The first-order valence-electron chi connectivity index (χ1n) is 5.38. The second-order valence-corrected chi connectivity index (χ2v) is 4.01. The summed E-state index contributed by atoms with van der Waals surface area (Å²) in [5.41, 5.74) is 1.88. The van der Waals surface area contributed by atoms with Crippen LogP contribution in [0.15, 0.2) is 18.2 Å². The Balaban J connectivity index is 2.28. The second-order valence-electron chi connectivity index (χ2n) is 4.01. The molecular formula is C12H14FNO2. The highest BCUT2D eigenvalue weighted by Gasteiger charge is 2.29. The molecule has 0 radical (unpaired) electrons. The molecule has 16 heavy (non-hydrogen) atoms. The Morgan fingerprint density at radius 1 is 1.62 bits per heavy atom. The first kappa shape index (κ1) is 10.9. The Bertz CT molecular complexity index is 419. The molecule has 2 rings (SSSR count). The maximum atomic E-state index is 13.0. The Labute approximate surface area is 93.5 Å². The molecule has 1 aliphatic rings. The van der Waals surface area contributed by atoms with Crippen molar-refractivity contribution in [3.8, 4) is 0 Å². The summed E-state index contributed by atoms with van der Waals surface area (Å²) >= 11 is 0. The van der Waals surface area contributed by atoms with Crippen LogP contribution in [0.4, 0.5) is 10.1 Å². The Morgan fingerprint density at radius 3 is 3.00 bits per heavy atom. The van der Waals surface area contributed by atoms with E-state index in [1.807, 2.05) is 11.8 Å². The van der Waals surface area contributed by atoms with Gasteiger partial charge in [0.2, 0.25) is 0 Å². The predicted molar refractivity (Wildman–Crippen MR) is 59.2 cm³/mol. The van der Waals surface area contributed by atoms with Gasteiger partial charge in [-0.3, -0.25) is 4.79 Å². The number of carboxylic acid groups (broad SMARTS) is 1. The fraction of sp³-hybridized carbons (Fsp3) is 0.417. The van der Waals surface area contributed by atoms with Crippen molar-refractivity contribution in [2.24, 2.45) is 0 Å². The monoisotopic (exact) mass is 223 g/mol. The minimum absolute atomic E-state index is 0.0423. The summed E-state index contributed by atoms with van der Waals surface area (Å²) in [7, 11) is 0. The molecule has 86 valence electrons. The summed E-state index contributed by atoms with van der Waals surface area (Å²) in [5.74, 6) is -1.07. The number of likely N-dealkylation sites (N-methyl/N-ethyl adjacent to an activating group) is 1. The normalized spacial score (nSPS) is 18.6. The van der Waals surface area contributed by atoms with Crippen LogP contribution in [0.1, 0.15) is 18.9 Å².